The van der Waals surface area contributed by atoms with Gasteiger partial charge in [0.25, 0.3) is 11.8 Å². The molecule has 9 heteroatoms. The quantitative estimate of drug-likeness (QED) is 0.754. The summed E-state index contributed by atoms with van der Waals surface area (Å²) in [6.45, 7) is 0. The molecule has 27 heavy (non-hydrogen) atoms. The van der Waals surface area contributed by atoms with Gasteiger partial charge in [-0.05, 0) is 36.4 Å². The first kappa shape index (κ1) is 17.3. The average molecular weight is 387 g/mol. The maximum atomic E-state index is 13.0. The Bertz CT molecular complexity index is 947. The van der Waals surface area contributed by atoms with Gasteiger partial charge < -0.3 is 9.47 Å². The molecule has 2 aromatic carbocycles. The molecule has 0 spiro atoms. The van der Waals surface area contributed by atoms with E-state index in [1.807, 2.05) is 0 Å². The Labute approximate surface area is 159 Å². The van der Waals surface area contributed by atoms with E-state index >= 15 is 0 Å². The van der Waals surface area contributed by atoms with Crippen molar-refractivity contribution >= 4 is 34.8 Å². The number of rotatable bonds is 4. The summed E-state index contributed by atoms with van der Waals surface area (Å²) in [5.41, 5.74) is 1.02. The van der Waals surface area contributed by atoms with Crippen LogP contribution < -0.4 is 19.4 Å². The van der Waals surface area contributed by atoms with E-state index < -0.39 is 23.9 Å². The number of benzene rings is 2. The predicted octanol–water partition coefficient (Wildman–Crippen LogP) is 2.86. The van der Waals surface area contributed by atoms with E-state index in [4.69, 9.17) is 21.1 Å². The van der Waals surface area contributed by atoms with Crippen molar-refractivity contribution in [3.05, 3.63) is 47.5 Å². The van der Waals surface area contributed by atoms with Crippen molar-refractivity contribution in [2.45, 2.75) is 12.1 Å². The number of halogens is 1. The monoisotopic (exact) mass is 386 g/mol. The molecular weight excluding hydrogens is 372 g/mol. The molecule has 0 unspecified atom stereocenters. The van der Waals surface area contributed by atoms with Gasteiger partial charge in [0.15, 0.2) is 23.6 Å². The fourth-order valence-electron chi connectivity index (χ4n) is 3.19. The highest BCUT2D eigenvalue weighted by molar-refractivity contribution is 6.30. The summed E-state index contributed by atoms with van der Waals surface area (Å²) >= 11 is 5.91. The molecular formula is C18H15ClN4O4. The van der Waals surface area contributed by atoms with Crippen molar-refractivity contribution in [1.29, 1.82) is 0 Å². The standard InChI is InChI=1S/C18H15ClN4O4/c1-26-13-8-7-12(9-14(13)27-2)22-17(24)15-16(18(22)25)23(21-20-15)11-5-3-10(19)4-6-11/h3-9,15-16H,1-2H3/t15-,16+/m0/s1. The van der Waals surface area contributed by atoms with Crippen LogP contribution in [-0.2, 0) is 9.59 Å². The van der Waals surface area contributed by atoms with E-state index in [1.54, 1.807) is 42.5 Å². The van der Waals surface area contributed by atoms with Crippen molar-refractivity contribution < 1.29 is 19.1 Å². The summed E-state index contributed by atoms with van der Waals surface area (Å²) in [5.74, 6) is 0.0847. The zero-order valence-electron chi connectivity index (χ0n) is 14.5. The summed E-state index contributed by atoms with van der Waals surface area (Å²) in [6.07, 6.45) is 0. The van der Waals surface area contributed by atoms with Gasteiger partial charge >= 0.3 is 0 Å². The van der Waals surface area contributed by atoms with Gasteiger partial charge in [0.1, 0.15) is 0 Å². The summed E-state index contributed by atoms with van der Waals surface area (Å²) < 4.78 is 10.5. The Hall–Kier alpha value is -3.13. The van der Waals surface area contributed by atoms with E-state index in [0.717, 1.165) is 4.90 Å². The summed E-state index contributed by atoms with van der Waals surface area (Å²) in [6, 6.07) is 9.96. The molecule has 0 N–H and O–H groups in total. The minimum atomic E-state index is -0.888. The first-order chi connectivity index (χ1) is 13.0. The van der Waals surface area contributed by atoms with Crippen molar-refractivity contribution in [1.82, 2.24) is 0 Å². The molecule has 2 aromatic rings. The molecule has 4 rings (SSSR count). The highest BCUT2D eigenvalue weighted by Gasteiger charge is 2.55. The molecule has 2 aliphatic rings. The average Bonchev–Trinajstić information content (AvgIpc) is 3.22. The first-order valence-corrected chi connectivity index (χ1v) is 8.48. The molecule has 0 aromatic heterocycles. The fraction of sp³-hybridized carbons (Fsp3) is 0.222. The number of nitrogens with zero attached hydrogens (tertiary/aromatic N) is 4. The third-order valence-electron chi connectivity index (χ3n) is 4.50. The Morgan fingerprint density at radius 1 is 0.926 bits per heavy atom. The maximum absolute atomic E-state index is 13.0. The Balaban J connectivity index is 1.68. The van der Waals surface area contributed by atoms with Gasteiger partial charge in [0, 0.05) is 11.1 Å². The second-order valence-corrected chi connectivity index (χ2v) is 6.40. The zero-order chi connectivity index (χ0) is 19.1. The molecule has 1 saturated heterocycles. The number of imide groups is 1. The molecule has 2 heterocycles. The molecule has 2 aliphatic heterocycles. The van der Waals surface area contributed by atoms with Gasteiger partial charge in [-0.1, -0.05) is 16.8 Å². The van der Waals surface area contributed by atoms with Crippen LogP contribution >= 0.6 is 11.6 Å². The van der Waals surface area contributed by atoms with Crippen LogP contribution in [0.5, 0.6) is 11.5 Å². The fourth-order valence-corrected chi connectivity index (χ4v) is 3.31. The van der Waals surface area contributed by atoms with Gasteiger partial charge in [-0.2, -0.15) is 5.11 Å². The predicted molar refractivity (Wildman–Crippen MR) is 98.4 cm³/mol. The molecule has 8 nitrogen and oxygen atoms in total. The van der Waals surface area contributed by atoms with Crippen LogP contribution in [0.1, 0.15) is 0 Å². The van der Waals surface area contributed by atoms with Gasteiger partial charge in [0.2, 0.25) is 0 Å². The van der Waals surface area contributed by atoms with Crippen LogP contribution in [0.4, 0.5) is 11.4 Å². The van der Waals surface area contributed by atoms with E-state index in [2.05, 4.69) is 10.3 Å². The van der Waals surface area contributed by atoms with E-state index in [-0.39, 0.29) is 0 Å². The van der Waals surface area contributed by atoms with Crippen LogP contribution in [-0.4, -0.2) is 38.1 Å². The molecule has 1 fully saturated rings. The third kappa shape index (κ3) is 2.69. The molecule has 0 saturated carbocycles. The zero-order valence-corrected chi connectivity index (χ0v) is 15.3. The Morgan fingerprint density at radius 3 is 2.26 bits per heavy atom. The van der Waals surface area contributed by atoms with Crippen LogP contribution in [0.25, 0.3) is 0 Å². The number of ether oxygens (including phenoxy) is 2. The highest BCUT2D eigenvalue weighted by Crippen LogP contribution is 2.38. The molecule has 138 valence electrons. The van der Waals surface area contributed by atoms with Gasteiger partial charge in [-0.15, -0.1) is 0 Å². The minimum absolute atomic E-state index is 0.392. The first-order valence-electron chi connectivity index (χ1n) is 8.10. The number of hydrogen-bond donors (Lipinski definition) is 0. The number of carbonyl (C=O) groups is 2. The van der Waals surface area contributed by atoms with Crippen LogP contribution in [0, 0.1) is 0 Å². The van der Waals surface area contributed by atoms with Crippen molar-refractivity contribution in [2.75, 3.05) is 24.1 Å². The smallest absolute Gasteiger partial charge is 0.263 e. The summed E-state index contributed by atoms with van der Waals surface area (Å²) in [7, 11) is 3.00. The lowest BCUT2D eigenvalue weighted by Gasteiger charge is -2.21. The van der Waals surface area contributed by atoms with E-state index in [0.29, 0.717) is 27.9 Å². The summed E-state index contributed by atoms with van der Waals surface area (Å²) in [4.78, 5) is 27.0. The van der Waals surface area contributed by atoms with Crippen molar-refractivity contribution in [3.63, 3.8) is 0 Å². The molecule has 0 aliphatic carbocycles. The molecule has 0 bridgehead atoms. The topological polar surface area (TPSA) is 83.8 Å². The SMILES string of the molecule is COc1ccc(N2C(=O)[C@H]3N=NN(c4ccc(Cl)cc4)[C@H]3C2=O)cc1OC. The van der Waals surface area contributed by atoms with Crippen LogP contribution in [0.2, 0.25) is 5.02 Å². The molecule has 2 atom stereocenters. The second-order valence-electron chi connectivity index (χ2n) is 5.97. The number of amides is 2. The van der Waals surface area contributed by atoms with E-state index in [9.17, 15) is 9.59 Å². The third-order valence-corrected chi connectivity index (χ3v) is 4.75. The molecule has 0 radical (unpaired) electrons. The number of carbonyl (C=O) groups excluding carboxylic acids is 2. The number of hydrogen-bond acceptors (Lipinski definition) is 7. The lowest BCUT2D eigenvalue weighted by molar-refractivity contribution is -0.121. The van der Waals surface area contributed by atoms with Crippen molar-refractivity contribution in [2.24, 2.45) is 10.3 Å². The normalized spacial score (nSPS) is 21.0. The van der Waals surface area contributed by atoms with Gasteiger partial charge in [0.05, 0.1) is 25.6 Å². The number of fused-ring (bicyclic) bond motifs is 1. The Kier molecular flexibility index (Phi) is 4.19. The van der Waals surface area contributed by atoms with Gasteiger partial charge in [-0.25, -0.2) is 9.91 Å². The number of methoxy groups -OCH3 is 2. The highest BCUT2D eigenvalue weighted by atomic mass is 35.5. The second kappa shape index (κ2) is 6.55. The lowest BCUT2D eigenvalue weighted by atomic mass is 10.1. The minimum Gasteiger partial charge on any atom is -0.493 e. The van der Waals surface area contributed by atoms with Crippen LogP contribution in [0.3, 0.4) is 0 Å². The van der Waals surface area contributed by atoms with Gasteiger partial charge in [-0.3, -0.25) is 9.59 Å². The summed E-state index contributed by atoms with van der Waals surface area (Å²) in [5, 5.41) is 10.0. The van der Waals surface area contributed by atoms with Crippen molar-refractivity contribution in [3.8, 4) is 11.5 Å². The molecule has 2 amide bonds. The maximum Gasteiger partial charge on any atom is 0.263 e. The largest absolute Gasteiger partial charge is 0.493 e. The van der Waals surface area contributed by atoms with Crippen LogP contribution in [0.15, 0.2) is 52.8 Å². The number of anilines is 2. The van der Waals surface area contributed by atoms with E-state index in [1.165, 1.54) is 19.2 Å². The Morgan fingerprint density at radius 2 is 1.59 bits per heavy atom. The lowest BCUT2D eigenvalue weighted by Crippen LogP contribution is -2.39.